The van der Waals surface area contributed by atoms with E-state index >= 15 is 0 Å². The van der Waals surface area contributed by atoms with Crippen LogP contribution < -0.4 is 4.74 Å². The van der Waals surface area contributed by atoms with Crippen LogP contribution in [0, 0.1) is 0 Å². The molecule has 1 atom stereocenters. The van der Waals surface area contributed by atoms with Gasteiger partial charge >= 0.3 is 5.97 Å². The number of aliphatic hydroxyl groups is 1. The quantitative estimate of drug-likeness (QED) is 0.527. The molecule has 0 fully saturated rings. The van der Waals surface area contributed by atoms with E-state index in [1.165, 1.54) is 7.11 Å². The fourth-order valence-corrected chi connectivity index (χ4v) is 3.27. The first-order valence-electron chi connectivity index (χ1n) is 8.98. The summed E-state index contributed by atoms with van der Waals surface area (Å²) in [5.41, 5.74) is 3.15. The highest BCUT2D eigenvalue weighted by molar-refractivity contribution is 5.87. The summed E-state index contributed by atoms with van der Waals surface area (Å²) in [7, 11) is 2.86. The van der Waals surface area contributed by atoms with E-state index in [1.807, 2.05) is 42.5 Å². The van der Waals surface area contributed by atoms with Gasteiger partial charge in [0.25, 0.3) is 0 Å². The number of nitrogens with zero attached hydrogens (tertiary/aromatic N) is 3. The molecule has 3 aromatic heterocycles. The Morgan fingerprint density at radius 3 is 2.48 bits per heavy atom. The zero-order chi connectivity index (χ0) is 20.4. The molecule has 146 valence electrons. The predicted molar refractivity (Wildman–Crippen MR) is 107 cm³/mol. The number of aliphatic hydroxyl groups excluding tert-OH is 1. The van der Waals surface area contributed by atoms with Crippen LogP contribution in [0.25, 0.3) is 16.8 Å². The van der Waals surface area contributed by atoms with Crippen LogP contribution >= 0.6 is 0 Å². The van der Waals surface area contributed by atoms with Gasteiger partial charge in [-0.15, -0.1) is 0 Å². The van der Waals surface area contributed by atoms with E-state index in [9.17, 15) is 9.90 Å². The number of hydrogen-bond donors (Lipinski definition) is 1. The zero-order valence-corrected chi connectivity index (χ0v) is 15.9. The van der Waals surface area contributed by atoms with Gasteiger partial charge in [-0.2, -0.15) is 5.10 Å². The summed E-state index contributed by atoms with van der Waals surface area (Å²) in [6.07, 6.45) is -1.11. The number of carbonyl (C=O) groups excluding carboxylic acids is 1. The van der Waals surface area contributed by atoms with Gasteiger partial charge in [0, 0.05) is 17.2 Å². The summed E-state index contributed by atoms with van der Waals surface area (Å²) < 4.78 is 11.8. The topological polar surface area (TPSA) is 86.0 Å². The molecule has 0 radical (unpaired) electrons. The van der Waals surface area contributed by atoms with Crippen molar-refractivity contribution in [3.63, 3.8) is 0 Å². The molecular weight excluding hydrogens is 370 g/mol. The van der Waals surface area contributed by atoms with Gasteiger partial charge in [-0.25, -0.2) is 14.3 Å². The number of fused-ring (bicyclic) bond motifs is 1. The monoisotopic (exact) mass is 389 g/mol. The number of pyridine rings is 2. The summed E-state index contributed by atoms with van der Waals surface area (Å²) >= 11 is 0. The van der Waals surface area contributed by atoms with Crippen molar-refractivity contribution in [2.24, 2.45) is 0 Å². The molecule has 1 N–H and O–H groups in total. The number of aromatic nitrogens is 3. The van der Waals surface area contributed by atoms with Gasteiger partial charge in [-0.3, -0.25) is 0 Å². The highest BCUT2D eigenvalue weighted by Crippen LogP contribution is 2.35. The minimum absolute atomic E-state index is 0.124. The van der Waals surface area contributed by atoms with E-state index in [2.05, 4.69) is 10.1 Å². The molecule has 3 heterocycles. The van der Waals surface area contributed by atoms with Crippen LogP contribution in [0.2, 0.25) is 0 Å². The van der Waals surface area contributed by atoms with Crippen molar-refractivity contribution >= 4 is 11.5 Å². The molecule has 0 saturated heterocycles. The number of methoxy groups -OCH3 is 2. The van der Waals surface area contributed by atoms with Crippen LogP contribution in [0.4, 0.5) is 0 Å². The van der Waals surface area contributed by atoms with Crippen LogP contribution in [-0.4, -0.2) is 39.9 Å². The molecule has 0 aliphatic heterocycles. The van der Waals surface area contributed by atoms with Gasteiger partial charge < -0.3 is 14.6 Å². The summed E-state index contributed by atoms with van der Waals surface area (Å²) in [5.74, 6) is -0.0294. The van der Waals surface area contributed by atoms with Gasteiger partial charge in [0.05, 0.1) is 31.1 Å². The highest BCUT2D eigenvalue weighted by atomic mass is 16.5. The second-order valence-corrected chi connectivity index (χ2v) is 6.34. The Morgan fingerprint density at radius 1 is 1.00 bits per heavy atom. The number of hydrogen-bond acceptors (Lipinski definition) is 6. The Kier molecular flexibility index (Phi) is 4.97. The van der Waals surface area contributed by atoms with Crippen molar-refractivity contribution in [2.45, 2.75) is 6.10 Å². The molecule has 1 aromatic carbocycles. The molecule has 0 aliphatic carbocycles. The summed E-state index contributed by atoms with van der Waals surface area (Å²) in [6.45, 7) is 0. The van der Waals surface area contributed by atoms with Gasteiger partial charge in [0.1, 0.15) is 11.8 Å². The zero-order valence-electron chi connectivity index (χ0n) is 15.9. The summed E-state index contributed by atoms with van der Waals surface area (Å²) in [4.78, 5) is 16.2. The molecule has 0 spiro atoms. The SMILES string of the molecule is COC(=O)c1cccc(C(O)c2c(-c3ccccc3)nn3c(OC)cccc23)n1. The number of benzene rings is 1. The highest BCUT2D eigenvalue weighted by Gasteiger charge is 2.25. The average molecular weight is 389 g/mol. The fourth-order valence-electron chi connectivity index (χ4n) is 3.27. The normalized spacial score (nSPS) is 12.0. The third kappa shape index (κ3) is 3.32. The van der Waals surface area contributed by atoms with Crippen LogP contribution in [-0.2, 0) is 4.74 Å². The van der Waals surface area contributed by atoms with E-state index in [4.69, 9.17) is 9.47 Å². The molecule has 0 amide bonds. The van der Waals surface area contributed by atoms with Crippen molar-refractivity contribution in [1.29, 1.82) is 0 Å². The van der Waals surface area contributed by atoms with E-state index in [-0.39, 0.29) is 5.69 Å². The first-order valence-corrected chi connectivity index (χ1v) is 8.98. The largest absolute Gasteiger partial charge is 0.481 e. The Hall–Kier alpha value is -3.71. The maximum Gasteiger partial charge on any atom is 0.356 e. The van der Waals surface area contributed by atoms with Crippen LogP contribution in [0.1, 0.15) is 27.8 Å². The predicted octanol–water partition coefficient (Wildman–Crippen LogP) is 3.27. The minimum Gasteiger partial charge on any atom is -0.481 e. The molecule has 4 rings (SSSR count). The lowest BCUT2D eigenvalue weighted by Crippen LogP contribution is -2.09. The number of rotatable bonds is 5. The maximum atomic E-state index is 11.9. The first kappa shape index (κ1) is 18.6. The first-order chi connectivity index (χ1) is 14.1. The van der Waals surface area contributed by atoms with Crippen LogP contribution in [0.3, 0.4) is 0 Å². The van der Waals surface area contributed by atoms with Crippen LogP contribution in [0.15, 0.2) is 66.7 Å². The molecule has 29 heavy (non-hydrogen) atoms. The van der Waals surface area contributed by atoms with Crippen LogP contribution in [0.5, 0.6) is 5.88 Å². The Labute approximate surface area is 167 Å². The Morgan fingerprint density at radius 2 is 1.76 bits per heavy atom. The summed E-state index contributed by atoms with van der Waals surface area (Å²) in [5, 5.41) is 15.9. The van der Waals surface area contributed by atoms with Gasteiger partial charge in [0.15, 0.2) is 0 Å². The lowest BCUT2D eigenvalue weighted by molar-refractivity contribution is 0.0593. The Balaban J connectivity index is 1.93. The standard InChI is InChI=1S/C22H19N3O4/c1-28-18-13-7-12-17-19(20(24-25(17)18)14-8-4-3-5-9-14)21(26)15-10-6-11-16(23-15)22(27)29-2/h3-13,21,26H,1-2H3. The second-order valence-electron chi connectivity index (χ2n) is 6.34. The molecule has 4 aromatic rings. The van der Waals surface area contributed by atoms with Crippen molar-refractivity contribution in [3.8, 4) is 17.1 Å². The van der Waals surface area contributed by atoms with E-state index in [0.29, 0.717) is 28.3 Å². The second kappa shape index (κ2) is 7.73. The van der Waals surface area contributed by atoms with E-state index in [1.54, 1.807) is 35.9 Å². The molecule has 0 saturated carbocycles. The third-order valence-corrected chi connectivity index (χ3v) is 4.64. The minimum atomic E-state index is -1.11. The molecule has 7 nitrogen and oxygen atoms in total. The van der Waals surface area contributed by atoms with Gasteiger partial charge in [-0.05, 0) is 18.2 Å². The fraction of sp³-hybridized carbons (Fsp3) is 0.136. The van der Waals surface area contributed by atoms with Crippen molar-refractivity contribution < 1.29 is 19.4 Å². The molecule has 7 heteroatoms. The lowest BCUT2D eigenvalue weighted by atomic mass is 9.99. The molecule has 0 aliphatic rings. The Bertz CT molecular complexity index is 1170. The van der Waals surface area contributed by atoms with Crippen molar-refractivity contribution in [1.82, 2.24) is 14.6 Å². The number of carbonyl (C=O) groups is 1. The average Bonchev–Trinajstić information content (AvgIpc) is 3.18. The lowest BCUT2D eigenvalue weighted by Gasteiger charge is -2.12. The van der Waals surface area contributed by atoms with E-state index < -0.39 is 12.1 Å². The molecular formula is C22H19N3O4. The summed E-state index contributed by atoms with van der Waals surface area (Å²) in [6, 6.07) is 19.9. The smallest absolute Gasteiger partial charge is 0.356 e. The van der Waals surface area contributed by atoms with Crippen molar-refractivity contribution in [3.05, 3.63) is 83.7 Å². The number of ether oxygens (including phenoxy) is 2. The maximum absolute atomic E-state index is 11.9. The van der Waals surface area contributed by atoms with Gasteiger partial charge in [0.2, 0.25) is 5.88 Å². The van der Waals surface area contributed by atoms with Crippen molar-refractivity contribution in [2.75, 3.05) is 14.2 Å². The third-order valence-electron chi connectivity index (χ3n) is 4.64. The molecule has 0 bridgehead atoms. The number of esters is 1. The molecule has 1 unspecified atom stereocenters. The van der Waals surface area contributed by atoms with E-state index in [0.717, 1.165) is 5.56 Å². The van der Waals surface area contributed by atoms with Gasteiger partial charge in [-0.1, -0.05) is 42.5 Å².